The van der Waals surface area contributed by atoms with Crippen LogP contribution in [0, 0.1) is 0 Å². The van der Waals surface area contributed by atoms with Gasteiger partial charge in [0.15, 0.2) is 0 Å². The van der Waals surface area contributed by atoms with Crippen LogP contribution < -0.4 is 11.1 Å². The zero-order valence-corrected chi connectivity index (χ0v) is 16.7. The molecule has 0 unspecified atom stereocenters. The van der Waals surface area contributed by atoms with Crippen LogP contribution >= 0.6 is 0 Å². The molecular weight excluding hydrogens is 356 g/mol. The van der Waals surface area contributed by atoms with Crippen LogP contribution in [0.5, 0.6) is 0 Å². The van der Waals surface area contributed by atoms with Crippen LogP contribution in [0.25, 0.3) is 0 Å². The Bertz CT molecular complexity index is 836. The molecule has 0 atom stereocenters. The SMILES string of the molecule is NC(=O)C1(NC(c2ccccc2)(c2ccccc2)c2ccccc2)CCCCC1. The number of carbonyl (C=O) groups is 1. The lowest BCUT2D eigenvalue weighted by Gasteiger charge is -2.46. The fourth-order valence-electron chi connectivity index (χ4n) is 4.73. The van der Waals surface area contributed by atoms with Gasteiger partial charge in [-0.25, -0.2) is 0 Å². The lowest BCUT2D eigenvalue weighted by Crippen LogP contribution is -2.64. The van der Waals surface area contributed by atoms with Crippen LogP contribution in [0.2, 0.25) is 0 Å². The molecule has 1 saturated carbocycles. The van der Waals surface area contributed by atoms with Crippen molar-refractivity contribution in [1.29, 1.82) is 0 Å². The molecule has 0 radical (unpaired) electrons. The summed E-state index contributed by atoms with van der Waals surface area (Å²) in [5.41, 5.74) is 7.94. The van der Waals surface area contributed by atoms with Gasteiger partial charge in [0.25, 0.3) is 0 Å². The fraction of sp³-hybridized carbons (Fsp3) is 0.269. The smallest absolute Gasteiger partial charge is 0.237 e. The van der Waals surface area contributed by atoms with Gasteiger partial charge < -0.3 is 5.73 Å². The highest BCUT2D eigenvalue weighted by molar-refractivity contribution is 5.85. The third-order valence-corrected chi connectivity index (χ3v) is 6.23. The Hall–Kier alpha value is -2.91. The van der Waals surface area contributed by atoms with Gasteiger partial charge in [-0.3, -0.25) is 10.1 Å². The van der Waals surface area contributed by atoms with E-state index < -0.39 is 11.1 Å². The van der Waals surface area contributed by atoms with Crippen molar-refractivity contribution in [3.05, 3.63) is 108 Å². The van der Waals surface area contributed by atoms with Crippen molar-refractivity contribution in [2.45, 2.75) is 43.2 Å². The molecule has 3 aromatic carbocycles. The molecule has 3 N–H and O–H groups in total. The Morgan fingerprint density at radius 2 is 1.07 bits per heavy atom. The molecule has 0 aliphatic heterocycles. The molecule has 0 spiro atoms. The van der Waals surface area contributed by atoms with Gasteiger partial charge in [-0.05, 0) is 29.5 Å². The molecule has 1 amide bonds. The van der Waals surface area contributed by atoms with Gasteiger partial charge in [0.2, 0.25) is 5.91 Å². The van der Waals surface area contributed by atoms with Crippen molar-refractivity contribution in [2.75, 3.05) is 0 Å². The van der Waals surface area contributed by atoms with Gasteiger partial charge in [0, 0.05) is 0 Å². The van der Waals surface area contributed by atoms with Crippen molar-refractivity contribution in [3.8, 4) is 0 Å². The average Bonchev–Trinajstić information content (AvgIpc) is 2.80. The quantitative estimate of drug-likeness (QED) is 0.602. The Morgan fingerprint density at radius 1 is 0.690 bits per heavy atom. The van der Waals surface area contributed by atoms with E-state index in [4.69, 9.17) is 5.73 Å². The molecule has 0 aromatic heterocycles. The zero-order chi connectivity index (χ0) is 20.2. The predicted molar refractivity (Wildman–Crippen MR) is 117 cm³/mol. The van der Waals surface area contributed by atoms with E-state index in [1.54, 1.807) is 0 Å². The summed E-state index contributed by atoms with van der Waals surface area (Å²) in [6.07, 6.45) is 4.67. The van der Waals surface area contributed by atoms with E-state index in [9.17, 15) is 4.79 Å². The summed E-state index contributed by atoms with van der Waals surface area (Å²) >= 11 is 0. The highest BCUT2D eigenvalue weighted by Crippen LogP contribution is 2.41. The van der Waals surface area contributed by atoms with Crippen molar-refractivity contribution >= 4 is 5.91 Å². The Kier molecular flexibility index (Phi) is 5.50. The maximum Gasteiger partial charge on any atom is 0.237 e. The third-order valence-electron chi connectivity index (χ3n) is 6.23. The van der Waals surface area contributed by atoms with Gasteiger partial charge in [0.05, 0.1) is 11.1 Å². The Labute approximate surface area is 173 Å². The van der Waals surface area contributed by atoms with Crippen molar-refractivity contribution in [2.24, 2.45) is 5.73 Å². The maximum atomic E-state index is 12.8. The number of nitrogens with two attached hydrogens (primary N) is 1. The molecular formula is C26H28N2O. The summed E-state index contributed by atoms with van der Waals surface area (Å²) in [5.74, 6) is -0.260. The summed E-state index contributed by atoms with van der Waals surface area (Å²) in [4.78, 5) is 12.8. The van der Waals surface area contributed by atoms with E-state index >= 15 is 0 Å². The molecule has 1 aliphatic rings. The predicted octanol–water partition coefficient (Wildman–Crippen LogP) is 4.76. The van der Waals surface area contributed by atoms with Crippen molar-refractivity contribution in [1.82, 2.24) is 5.32 Å². The van der Waals surface area contributed by atoms with Gasteiger partial charge in [0.1, 0.15) is 0 Å². The molecule has 1 fully saturated rings. The molecule has 29 heavy (non-hydrogen) atoms. The monoisotopic (exact) mass is 384 g/mol. The molecule has 3 aromatic rings. The Balaban J connectivity index is 1.99. The van der Waals surface area contributed by atoms with E-state index in [1.807, 2.05) is 18.2 Å². The number of hydrogen-bond acceptors (Lipinski definition) is 2. The molecule has 148 valence electrons. The zero-order valence-electron chi connectivity index (χ0n) is 16.7. The first kappa shape index (κ1) is 19.4. The largest absolute Gasteiger partial charge is 0.368 e. The minimum Gasteiger partial charge on any atom is -0.368 e. The minimum atomic E-state index is -0.736. The van der Waals surface area contributed by atoms with E-state index in [0.717, 1.165) is 48.8 Å². The first-order chi connectivity index (χ1) is 14.2. The van der Waals surface area contributed by atoms with Gasteiger partial charge >= 0.3 is 0 Å². The fourth-order valence-corrected chi connectivity index (χ4v) is 4.73. The average molecular weight is 385 g/mol. The van der Waals surface area contributed by atoms with Gasteiger partial charge in [-0.2, -0.15) is 0 Å². The molecule has 1 aliphatic carbocycles. The van der Waals surface area contributed by atoms with Crippen molar-refractivity contribution in [3.63, 3.8) is 0 Å². The highest BCUT2D eigenvalue weighted by Gasteiger charge is 2.47. The number of amides is 1. The second-order valence-corrected chi connectivity index (χ2v) is 7.98. The normalized spacial score (nSPS) is 16.3. The summed E-state index contributed by atoms with van der Waals surface area (Å²) in [5, 5.41) is 3.86. The molecule has 3 heteroatoms. The van der Waals surface area contributed by atoms with Gasteiger partial charge in [-0.15, -0.1) is 0 Å². The topological polar surface area (TPSA) is 55.1 Å². The summed E-state index contributed by atoms with van der Waals surface area (Å²) < 4.78 is 0. The van der Waals surface area contributed by atoms with E-state index in [0.29, 0.717) is 0 Å². The van der Waals surface area contributed by atoms with Crippen molar-refractivity contribution < 1.29 is 4.79 Å². The van der Waals surface area contributed by atoms with Crippen LogP contribution in [-0.2, 0) is 10.3 Å². The van der Waals surface area contributed by atoms with Crippen LogP contribution in [0.3, 0.4) is 0 Å². The Morgan fingerprint density at radius 3 is 1.41 bits per heavy atom. The van der Waals surface area contributed by atoms with Crippen LogP contribution in [0.1, 0.15) is 48.8 Å². The number of nitrogens with one attached hydrogen (secondary N) is 1. The third kappa shape index (κ3) is 3.58. The van der Waals surface area contributed by atoms with E-state index in [2.05, 4.69) is 78.1 Å². The standard InChI is InChI=1S/C26H28N2O/c27-24(29)25(19-11-4-12-20-25)28-26(21-13-5-1-6-14-21,22-15-7-2-8-16-22)23-17-9-3-10-18-23/h1-3,5-10,13-18,28H,4,11-12,19-20H2,(H2,27,29). The number of hydrogen-bond donors (Lipinski definition) is 2. The summed E-state index contributed by atoms with van der Waals surface area (Å²) in [6, 6.07) is 31.2. The van der Waals surface area contributed by atoms with E-state index in [-0.39, 0.29) is 5.91 Å². The lowest BCUT2D eigenvalue weighted by atomic mass is 9.72. The lowest BCUT2D eigenvalue weighted by molar-refractivity contribution is -0.126. The first-order valence-electron chi connectivity index (χ1n) is 10.4. The van der Waals surface area contributed by atoms with Crippen LogP contribution in [0.15, 0.2) is 91.0 Å². The second kappa shape index (κ2) is 8.22. The number of benzene rings is 3. The highest BCUT2D eigenvalue weighted by atomic mass is 16.1. The van der Waals surface area contributed by atoms with Gasteiger partial charge in [-0.1, -0.05) is 110 Å². The molecule has 0 heterocycles. The molecule has 0 bridgehead atoms. The van der Waals surface area contributed by atoms with Crippen LogP contribution in [-0.4, -0.2) is 11.4 Å². The summed E-state index contributed by atoms with van der Waals surface area (Å²) in [6.45, 7) is 0. The summed E-state index contributed by atoms with van der Waals surface area (Å²) in [7, 11) is 0. The first-order valence-corrected chi connectivity index (χ1v) is 10.4. The number of rotatable bonds is 6. The molecule has 0 saturated heterocycles. The molecule has 4 rings (SSSR count). The maximum absolute atomic E-state index is 12.8. The van der Waals surface area contributed by atoms with Crippen LogP contribution in [0.4, 0.5) is 0 Å². The molecule has 3 nitrogen and oxygen atoms in total. The number of carbonyl (C=O) groups excluding carboxylic acids is 1. The minimum absolute atomic E-state index is 0.260. The van der Waals surface area contributed by atoms with E-state index in [1.165, 1.54) is 0 Å². The number of primary amides is 1. The second-order valence-electron chi connectivity index (χ2n) is 7.98.